The van der Waals surface area contributed by atoms with Gasteiger partial charge in [0.1, 0.15) is 5.75 Å². The maximum absolute atomic E-state index is 12.6. The highest BCUT2D eigenvalue weighted by Crippen LogP contribution is 2.28. The van der Waals surface area contributed by atoms with Crippen LogP contribution in [0.5, 0.6) is 5.75 Å². The van der Waals surface area contributed by atoms with Crippen molar-refractivity contribution in [2.24, 2.45) is 5.10 Å². The summed E-state index contributed by atoms with van der Waals surface area (Å²) in [7, 11) is 1.71. The molecule has 8 heteroatoms. The van der Waals surface area contributed by atoms with Gasteiger partial charge in [0.2, 0.25) is 5.91 Å². The number of para-hydroxylation sites is 2. The number of hydrogen-bond donors (Lipinski definition) is 2. The Labute approximate surface area is 217 Å². The molecule has 1 aliphatic rings. The molecule has 3 aromatic carbocycles. The Kier molecular flexibility index (Phi) is 8.53. The van der Waals surface area contributed by atoms with Crippen molar-refractivity contribution in [3.63, 3.8) is 0 Å². The van der Waals surface area contributed by atoms with Crippen molar-refractivity contribution in [2.45, 2.75) is 20.4 Å². The minimum Gasteiger partial charge on any atom is -0.495 e. The number of rotatable bonds is 8. The van der Waals surface area contributed by atoms with Gasteiger partial charge < -0.3 is 15.0 Å². The van der Waals surface area contributed by atoms with Crippen LogP contribution in [-0.2, 0) is 11.3 Å². The number of nitrogens with zero attached hydrogens (tertiary/aromatic N) is 3. The van der Waals surface area contributed by atoms with Crippen LogP contribution in [0.3, 0.4) is 0 Å². The summed E-state index contributed by atoms with van der Waals surface area (Å²) in [5.41, 5.74) is 7.74. The zero-order valence-corrected chi connectivity index (χ0v) is 21.5. The molecule has 0 bridgehead atoms. The molecule has 0 radical (unpaired) electrons. The minimum absolute atomic E-state index is 0.122. The monoisotopic (exact) mass is 499 g/mol. The molecule has 192 valence electrons. The largest absolute Gasteiger partial charge is 0.495 e. The molecule has 1 heterocycles. The van der Waals surface area contributed by atoms with E-state index >= 15 is 0 Å². The van der Waals surface area contributed by atoms with Crippen LogP contribution in [-0.4, -0.2) is 55.7 Å². The molecule has 2 amide bonds. The highest BCUT2D eigenvalue weighted by Gasteiger charge is 2.19. The van der Waals surface area contributed by atoms with Crippen molar-refractivity contribution in [3.8, 4) is 5.75 Å². The van der Waals surface area contributed by atoms with Gasteiger partial charge in [0, 0.05) is 50.9 Å². The molecule has 1 saturated heterocycles. The lowest BCUT2D eigenvalue weighted by atomic mass is 10.1. The van der Waals surface area contributed by atoms with Gasteiger partial charge in [0.15, 0.2) is 0 Å². The van der Waals surface area contributed by atoms with Crippen LogP contribution in [0.4, 0.5) is 11.4 Å². The summed E-state index contributed by atoms with van der Waals surface area (Å²) in [5.74, 6) is 0.526. The smallest absolute Gasteiger partial charge is 0.271 e. The lowest BCUT2D eigenvalue weighted by Gasteiger charge is -2.36. The average Bonchev–Trinajstić information content (AvgIpc) is 2.92. The first-order chi connectivity index (χ1) is 17.9. The molecule has 3 aromatic rings. The van der Waals surface area contributed by atoms with Crippen LogP contribution in [0.25, 0.3) is 0 Å². The molecule has 0 aliphatic carbocycles. The second kappa shape index (κ2) is 12.2. The van der Waals surface area contributed by atoms with E-state index in [1.807, 2.05) is 61.5 Å². The zero-order chi connectivity index (χ0) is 26.2. The Morgan fingerprint density at radius 1 is 0.865 bits per heavy atom. The van der Waals surface area contributed by atoms with E-state index in [0.29, 0.717) is 17.0 Å². The lowest BCUT2D eigenvalue weighted by molar-refractivity contribution is -0.114. The van der Waals surface area contributed by atoms with Gasteiger partial charge in [-0.25, -0.2) is 5.43 Å². The molecule has 2 N–H and O–H groups in total. The maximum Gasteiger partial charge on any atom is 0.271 e. The van der Waals surface area contributed by atoms with Gasteiger partial charge in [-0.3, -0.25) is 14.5 Å². The minimum atomic E-state index is -0.258. The predicted octanol–water partition coefficient (Wildman–Crippen LogP) is 4.13. The lowest BCUT2D eigenvalue weighted by Crippen LogP contribution is -2.46. The summed E-state index contributed by atoms with van der Waals surface area (Å²) in [6, 6.07) is 23.1. The van der Waals surface area contributed by atoms with E-state index in [9.17, 15) is 9.59 Å². The predicted molar refractivity (Wildman–Crippen MR) is 147 cm³/mol. The highest BCUT2D eigenvalue weighted by molar-refractivity contribution is 6.01. The van der Waals surface area contributed by atoms with Crippen LogP contribution in [0.1, 0.15) is 35.3 Å². The number of nitrogens with one attached hydrogen (secondary N) is 2. The van der Waals surface area contributed by atoms with Gasteiger partial charge in [0.25, 0.3) is 5.91 Å². The molecule has 37 heavy (non-hydrogen) atoms. The highest BCUT2D eigenvalue weighted by atomic mass is 16.5. The third kappa shape index (κ3) is 6.95. The van der Waals surface area contributed by atoms with Crippen molar-refractivity contribution < 1.29 is 14.3 Å². The Hall–Kier alpha value is -4.17. The third-order valence-electron chi connectivity index (χ3n) is 6.37. The third-order valence-corrected chi connectivity index (χ3v) is 6.37. The number of ether oxygens (including phenoxy) is 1. The SMILES string of the molecule is COc1ccccc1N1CCN(Cc2ccc(C(=O)N/N=C(\C)c3ccc(NC(C)=O)cc3)cc2)CC1. The summed E-state index contributed by atoms with van der Waals surface area (Å²) < 4.78 is 5.51. The Morgan fingerprint density at radius 2 is 1.51 bits per heavy atom. The number of amides is 2. The van der Waals surface area contributed by atoms with E-state index in [2.05, 4.69) is 31.7 Å². The molecule has 4 rings (SSSR count). The molecule has 0 aromatic heterocycles. The molecular formula is C29H33N5O3. The average molecular weight is 500 g/mol. The molecule has 1 fully saturated rings. The molecule has 0 spiro atoms. The summed E-state index contributed by atoms with van der Waals surface area (Å²) in [6.07, 6.45) is 0. The van der Waals surface area contributed by atoms with Gasteiger partial charge in [-0.15, -0.1) is 0 Å². The number of hydrogen-bond acceptors (Lipinski definition) is 6. The summed E-state index contributed by atoms with van der Waals surface area (Å²) in [4.78, 5) is 28.5. The van der Waals surface area contributed by atoms with E-state index in [4.69, 9.17) is 4.74 Å². The van der Waals surface area contributed by atoms with Crippen molar-refractivity contribution in [1.29, 1.82) is 0 Å². The number of methoxy groups -OCH3 is 1. The standard InChI is InChI=1S/C29H33N5O3/c1-21(24-12-14-26(15-13-24)30-22(2)35)31-32-29(36)25-10-8-23(9-11-25)20-33-16-18-34(19-17-33)27-6-4-5-7-28(27)37-3/h4-15H,16-20H2,1-3H3,(H,30,35)(H,32,36)/b31-21+. The van der Waals surface area contributed by atoms with Crippen LogP contribution >= 0.6 is 0 Å². The van der Waals surface area contributed by atoms with Crippen LogP contribution in [0.15, 0.2) is 77.9 Å². The quantitative estimate of drug-likeness (QED) is 0.360. The van der Waals surface area contributed by atoms with E-state index < -0.39 is 0 Å². The number of benzene rings is 3. The van der Waals surface area contributed by atoms with Crippen LogP contribution in [0, 0.1) is 0 Å². The fourth-order valence-corrected chi connectivity index (χ4v) is 4.32. The van der Waals surface area contributed by atoms with Gasteiger partial charge in [-0.05, 0) is 54.4 Å². The van der Waals surface area contributed by atoms with E-state index in [-0.39, 0.29) is 11.8 Å². The fourth-order valence-electron chi connectivity index (χ4n) is 4.32. The molecule has 0 unspecified atom stereocenters. The normalized spacial score (nSPS) is 14.2. The van der Waals surface area contributed by atoms with E-state index in [1.54, 1.807) is 19.2 Å². The van der Waals surface area contributed by atoms with Gasteiger partial charge in [-0.1, -0.05) is 36.4 Å². The Balaban J connectivity index is 1.27. The first-order valence-electron chi connectivity index (χ1n) is 12.3. The molecule has 0 saturated carbocycles. The molecule has 1 aliphatic heterocycles. The van der Waals surface area contributed by atoms with Crippen LogP contribution in [0.2, 0.25) is 0 Å². The van der Waals surface area contributed by atoms with Crippen molar-refractivity contribution in [3.05, 3.63) is 89.5 Å². The number of carbonyl (C=O) groups excluding carboxylic acids is 2. The first-order valence-corrected chi connectivity index (χ1v) is 12.3. The summed E-state index contributed by atoms with van der Waals surface area (Å²) in [5, 5.41) is 6.96. The van der Waals surface area contributed by atoms with Crippen molar-refractivity contribution in [1.82, 2.24) is 10.3 Å². The number of carbonyl (C=O) groups is 2. The van der Waals surface area contributed by atoms with Gasteiger partial charge >= 0.3 is 0 Å². The zero-order valence-electron chi connectivity index (χ0n) is 21.5. The second-order valence-corrected chi connectivity index (χ2v) is 9.03. The van der Waals surface area contributed by atoms with Gasteiger partial charge in [-0.2, -0.15) is 5.10 Å². The Bertz CT molecular complexity index is 1250. The number of piperazine rings is 1. The molecular weight excluding hydrogens is 466 g/mol. The summed E-state index contributed by atoms with van der Waals surface area (Å²) >= 11 is 0. The number of hydrazone groups is 1. The topological polar surface area (TPSA) is 86.3 Å². The van der Waals surface area contributed by atoms with Crippen molar-refractivity contribution in [2.75, 3.05) is 43.5 Å². The second-order valence-electron chi connectivity index (χ2n) is 9.03. The first kappa shape index (κ1) is 25.9. The van der Waals surface area contributed by atoms with Crippen LogP contribution < -0.4 is 20.4 Å². The summed E-state index contributed by atoms with van der Waals surface area (Å²) in [6.45, 7) is 7.92. The van der Waals surface area contributed by atoms with E-state index in [1.165, 1.54) is 12.5 Å². The fraction of sp³-hybridized carbons (Fsp3) is 0.276. The van der Waals surface area contributed by atoms with Gasteiger partial charge in [0.05, 0.1) is 18.5 Å². The number of anilines is 2. The molecule has 0 atom stereocenters. The Morgan fingerprint density at radius 3 is 2.16 bits per heavy atom. The van der Waals surface area contributed by atoms with E-state index in [0.717, 1.165) is 49.7 Å². The molecule has 8 nitrogen and oxygen atoms in total. The van der Waals surface area contributed by atoms with Crippen molar-refractivity contribution >= 4 is 28.9 Å². The maximum atomic E-state index is 12.6.